The highest BCUT2D eigenvalue weighted by molar-refractivity contribution is 5.96. The SMILES string of the molecule is C=C(OCC)C(O)C(C(=O)OCC)C(=O)OCC. The van der Waals surface area contributed by atoms with Gasteiger partial charge < -0.3 is 19.3 Å². The van der Waals surface area contributed by atoms with Crippen molar-refractivity contribution in [2.75, 3.05) is 19.8 Å². The number of hydrogen-bond donors (Lipinski definition) is 1. The van der Waals surface area contributed by atoms with E-state index < -0.39 is 24.0 Å². The van der Waals surface area contributed by atoms with E-state index in [0.29, 0.717) is 0 Å². The van der Waals surface area contributed by atoms with Crippen LogP contribution in [0.2, 0.25) is 0 Å². The summed E-state index contributed by atoms with van der Waals surface area (Å²) in [4.78, 5) is 23.3. The highest BCUT2D eigenvalue weighted by Gasteiger charge is 2.38. The molecule has 0 aromatic rings. The molecule has 1 N–H and O–H groups in total. The van der Waals surface area contributed by atoms with E-state index in [0.717, 1.165) is 0 Å². The standard InChI is InChI=1S/C12H20O6/c1-5-16-8(4)10(13)9(11(14)17-6-2)12(15)18-7-3/h9-10,13H,4-7H2,1-3H3. The molecule has 0 spiro atoms. The van der Waals surface area contributed by atoms with Gasteiger partial charge >= 0.3 is 11.9 Å². The van der Waals surface area contributed by atoms with Crippen molar-refractivity contribution in [3.8, 4) is 0 Å². The second-order valence-corrected chi connectivity index (χ2v) is 3.33. The molecule has 18 heavy (non-hydrogen) atoms. The molecule has 0 radical (unpaired) electrons. The first-order chi connectivity index (χ1) is 8.49. The van der Waals surface area contributed by atoms with E-state index >= 15 is 0 Å². The average molecular weight is 260 g/mol. The van der Waals surface area contributed by atoms with Crippen LogP contribution in [-0.2, 0) is 23.8 Å². The van der Waals surface area contributed by atoms with Crippen molar-refractivity contribution >= 4 is 11.9 Å². The Hall–Kier alpha value is -1.56. The third-order valence-electron chi connectivity index (χ3n) is 2.06. The summed E-state index contributed by atoms with van der Waals surface area (Å²) in [5.74, 6) is -3.25. The van der Waals surface area contributed by atoms with Gasteiger partial charge in [-0.3, -0.25) is 9.59 Å². The van der Waals surface area contributed by atoms with Crippen LogP contribution < -0.4 is 0 Å². The average Bonchev–Trinajstić information content (AvgIpc) is 2.30. The van der Waals surface area contributed by atoms with Crippen molar-refractivity contribution in [1.29, 1.82) is 0 Å². The second-order valence-electron chi connectivity index (χ2n) is 3.33. The van der Waals surface area contributed by atoms with Crippen molar-refractivity contribution < 1.29 is 28.9 Å². The van der Waals surface area contributed by atoms with Crippen molar-refractivity contribution in [3.05, 3.63) is 12.3 Å². The van der Waals surface area contributed by atoms with E-state index in [9.17, 15) is 14.7 Å². The Bertz CT molecular complexity index is 281. The Kier molecular flexibility index (Phi) is 7.78. The van der Waals surface area contributed by atoms with Gasteiger partial charge in [-0.05, 0) is 20.8 Å². The molecule has 0 aliphatic carbocycles. The molecule has 0 aliphatic heterocycles. The van der Waals surface area contributed by atoms with Crippen molar-refractivity contribution in [1.82, 2.24) is 0 Å². The molecule has 6 heteroatoms. The van der Waals surface area contributed by atoms with Crippen LogP contribution in [0.3, 0.4) is 0 Å². The van der Waals surface area contributed by atoms with Gasteiger partial charge in [0.2, 0.25) is 0 Å². The molecule has 104 valence electrons. The maximum absolute atomic E-state index is 11.6. The van der Waals surface area contributed by atoms with E-state index in [1.807, 2.05) is 0 Å². The lowest BCUT2D eigenvalue weighted by atomic mass is 10.0. The van der Waals surface area contributed by atoms with E-state index in [-0.39, 0.29) is 25.6 Å². The Morgan fingerprint density at radius 3 is 1.72 bits per heavy atom. The van der Waals surface area contributed by atoms with Gasteiger partial charge in [0, 0.05) is 0 Å². The first-order valence-electron chi connectivity index (χ1n) is 5.82. The molecule has 0 fully saturated rings. The summed E-state index contributed by atoms with van der Waals surface area (Å²) >= 11 is 0. The predicted molar refractivity (Wildman–Crippen MR) is 63.5 cm³/mol. The van der Waals surface area contributed by atoms with Gasteiger partial charge in [0.25, 0.3) is 0 Å². The zero-order chi connectivity index (χ0) is 14.1. The van der Waals surface area contributed by atoms with Gasteiger partial charge in [0.1, 0.15) is 11.9 Å². The fourth-order valence-corrected chi connectivity index (χ4v) is 1.27. The van der Waals surface area contributed by atoms with E-state index in [1.54, 1.807) is 20.8 Å². The summed E-state index contributed by atoms with van der Waals surface area (Å²) in [6, 6.07) is 0. The predicted octanol–water partition coefficient (Wildman–Crippen LogP) is 0.640. The van der Waals surface area contributed by atoms with Crippen LogP contribution in [0.1, 0.15) is 20.8 Å². The molecule has 1 atom stereocenters. The Morgan fingerprint density at radius 1 is 1.00 bits per heavy atom. The lowest BCUT2D eigenvalue weighted by Crippen LogP contribution is -2.39. The van der Waals surface area contributed by atoms with Crippen molar-refractivity contribution in [3.63, 3.8) is 0 Å². The topological polar surface area (TPSA) is 82.1 Å². The maximum Gasteiger partial charge on any atom is 0.323 e. The summed E-state index contributed by atoms with van der Waals surface area (Å²) < 4.78 is 14.4. The highest BCUT2D eigenvalue weighted by Crippen LogP contribution is 2.16. The fourth-order valence-electron chi connectivity index (χ4n) is 1.27. The van der Waals surface area contributed by atoms with Crippen LogP contribution in [0.15, 0.2) is 12.3 Å². The lowest BCUT2D eigenvalue weighted by molar-refractivity contribution is -0.167. The third-order valence-corrected chi connectivity index (χ3v) is 2.06. The van der Waals surface area contributed by atoms with E-state index in [4.69, 9.17) is 14.2 Å². The smallest absolute Gasteiger partial charge is 0.323 e. The van der Waals surface area contributed by atoms with Crippen LogP contribution >= 0.6 is 0 Å². The number of carbonyl (C=O) groups excluding carboxylic acids is 2. The molecule has 1 unspecified atom stereocenters. The van der Waals surface area contributed by atoms with Gasteiger partial charge in [-0.15, -0.1) is 0 Å². The number of rotatable bonds is 8. The summed E-state index contributed by atoms with van der Waals surface area (Å²) in [6.45, 7) is 8.83. The minimum absolute atomic E-state index is 0.0661. The second kappa shape index (κ2) is 8.52. The molecule has 0 aliphatic rings. The fraction of sp³-hybridized carbons (Fsp3) is 0.667. The van der Waals surface area contributed by atoms with Gasteiger partial charge in [-0.25, -0.2) is 0 Å². The van der Waals surface area contributed by atoms with Gasteiger partial charge in [-0.2, -0.15) is 0 Å². The first-order valence-corrected chi connectivity index (χ1v) is 5.82. The number of aliphatic hydroxyl groups excluding tert-OH is 1. The first kappa shape index (κ1) is 16.4. The van der Waals surface area contributed by atoms with Gasteiger partial charge in [0.15, 0.2) is 5.92 Å². The Morgan fingerprint density at radius 2 is 1.39 bits per heavy atom. The number of hydrogen-bond acceptors (Lipinski definition) is 6. The molecular formula is C12H20O6. The van der Waals surface area contributed by atoms with Crippen LogP contribution in [0, 0.1) is 5.92 Å². The van der Waals surface area contributed by atoms with E-state index in [2.05, 4.69) is 6.58 Å². The number of aliphatic hydroxyl groups is 1. The third kappa shape index (κ3) is 4.75. The summed E-state index contributed by atoms with van der Waals surface area (Å²) in [5.41, 5.74) is 0. The minimum Gasteiger partial charge on any atom is -0.496 e. The molecule has 0 bridgehead atoms. The number of esters is 2. The normalized spacial score (nSPS) is 11.8. The summed E-state index contributed by atoms with van der Waals surface area (Å²) in [6.07, 6.45) is -1.48. The molecule has 0 rings (SSSR count). The van der Waals surface area contributed by atoms with Gasteiger partial charge in [-0.1, -0.05) is 6.58 Å². The molecule has 0 aromatic heterocycles. The summed E-state index contributed by atoms with van der Waals surface area (Å²) in [7, 11) is 0. The van der Waals surface area contributed by atoms with Crippen LogP contribution in [0.5, 0.6) is 0 Å². The maximum atomic E-state index is 11.6. The van der Waals surface area contributed by atoms with Crippen molar-refractivity contribution in [2.45, 2.75) is 26.9 Å². The molecule has 0 saturated heterocycles. The Balaban J connectivity index is 4.89. The van der Waals surface area contributed by atoms with Crippen LogP contribution in [-0.4, -0.2) is 43.0 Å². The van der Waals surface area contributed by atoms with Crippen LogP contribution in [0.25, 0.3) is 0 Å². The molecule has 0 amide bonds. The monoisotopic (exact) mass is 260 g/mol. The lowest BCUT2D eigenvalue weighted by Gasteiger charge is -2.21. The molecule has 0 aromatic carbocycles. The molecule has 0 saturated carbocycles. The van der Waals surface area contributed by atoms with Crippen LogP contribution in [0.4, 0.5) is 0 Å². The molecule has 6 nitrogen and oxygen atoms in total. The number of ether oxygens (including phenoxy) is 3. The molecule has 0 heterocycles. The summed E-state index contributed by atoms with van der Waals surface area (Å²) in [5, 5.41) is 9.88. The zero-order valence-corrected chi connectivity index (χ0v) is 11.0. The minimum atomic E-state index is -1.48. The van der Waals surface area contributed by atoms with Crippen molar-refractivity contribution in [2.24, 2.45) is 5.92 Å². The largest absolute Gasteiger partial charge is 0.496 e. The quantitative estimate of drug-likeness (QED) is 0.392. The van der Waals surface area contributed by atoms with E-state index in [1.165, 1.54) is 0 Å². The Labute approximate surface area is 107 Å². The highest BCUT2D eigenvalue weighted by atomic mass is 16.6. The molecular weight excluding hydrogens is 240 g/mol. The van der Waals surface area contributed by atoms with Gasteiger partial charge in [0.05, 0.1) is 19.8 Å². The number of carbonyl (C=O) groups is 2. The zero-order valence-electron chi connectivity index (χ0n) is 11.0.